The van der Waals surface area contributed by atoms with Crippen LogP contribution in [0.1, 0.15) is 80.1 Å². The molecule has 1 rings (SSSR count). The van der Waals surface area contributed by atoms with E-state index in [2.05, 4.69) is 26.2 Å². The number of nitrogens with one attached hydrogen (secondary N) is 1. The fraction of sp³-hybridized carbons (Fsp3) is 0.696. The molecular formula is C23H41N2O5P. The molecule has 8 heteroatoms. The first-order chi connectivity index (χ1) is 14.6. The lowest BCUT2D eigenvalue weighted by molar-refractivity contribution is -0.884. The van der Waals surface area contributed by atoms with E-state index in [-0.39, 0.29) is 5.97 Å². The molecule has 1 unspecified atom stereocenters. The minimum absolute atomic E-state index is 0.246. The summed E-state index contributed by atoms with van der Waals surface area (Å²) in [5.74, 6) is -0.246. The number of quaternary nitrogens is 1. The molecular weight excluding hydrogens is 415 g/mol. The zero-order chi connectivity index (χ0) is 23.2. The third kappa shape index (κ3) is 16.1. The van der Waals surface area contributed by atoms with Gasteiger partial charge in [0.05, 0.1) is 33.3 Å². The van der Waals surface area contributed by atoms with Crippen LogP contribution in [0, 0.1) is 0 Å². The summed E-state index contributed by atoms with van der Waals surface area (Å²) in [4.78, 5) is 31.2. The van der Waals surface area contributed by atoms with Gasteiger partial charge in [-0.25, -0.2) is 4.79 Å². The Balaban J connectivity index is 1.96. The summed E-state index contributed by atoms with van der Waals surface area (Å²) in [5, 5.41) is 2.11. The molecule has 2 N–H and O–H groups in total. The second-order valence-corrected chi connectivity index (χ2v) is 10.6. The Hall–Kier alpha value is -1.24. The van der Waals surface area contributed by atoms with Gasteiger partial charge in [-0.2, -0.15) is 0 Å². The van der Waals surface area contributed by atoms with Crippen molar-refractivity contribution >= 4 is 13.7 Å². The molecule has 0 bridgehead atoms. The van der Waals surface area contributed by atoms with Crippen LogP contribution in [0.4, 0.5) is 0 Å². The smallest absolute Gasteiger partial charge is 0.338 e. The minimum atomic E-state index is -4.31. The maximum Gasteiger partial charge on any atom is 0.338 e. The molecule has 1 aromatic rings. The van der Waals surface area contributed by atoms with Gasteiger partial charge in [0, 0.05) is 12.1 Å². The topological polar surface area (TPSA) is 98.7 Å². The highest BCUT2D eigenvalue weighted by molar-refractivity contribution is 7.48. The molecule has 0 amide bonds. The summed E-state index contributed by atoms with van der Waals surface area (Å²) in [6.45, 7) is 1.70. The van der Waals surface area contributed by atoms with Crippen molar-refractivity contribution in [1.29, 1.82) is 0 Å². The van der Waals surface area contributed by atoms with E-state index in [1.165, 1.54) is 24.8 Å². The van der Waals surface area contributed by atoms with E-state index < -0.39 is 7.75 Å². The number of benzene rings is 1. The number of carbonyl (C=O) groups is 1. The molecule has 0 aliphatic carbocycles. The lowest BCUT2D eigenvalue weighted by Crippen LogP contribution is -2.33. The maximum absolute atomic E-state index is 12.1. The number of ether oxygens (including phenoxy) is 1. The second-order valence-electron chi connectivity index (χ2n) is 9.25. The van der Waals surface area contributed by atoms with Gasteiger partial charge in [-0.3, -0.25) is 9.65 Å². The second kappa shape index (κ2) is 14.8. The molecule has 0 fully saturated rings. The van der Waals surface area contributed by atoms with Gasteiger partial charge in [0.1, 0.15) is 6.54 Å². The number of carbonyl (C=O) groups excluding carboxylic acids is 1. The third-order valence-corrected chi connectivity index (χ3v) is 5.59. The Kier molecular flexibility index (Phi) is 13.2. The number of hydrogen-bond donors (Lipinski definition) is 2. The quantitative estimate of drug-likeness (QED) is 0.159. The van der Waals surface area contributed by atoms with Crippen LogP contribution < -0.4 is 9.98 Å². The van der Waals surface area contributed by atoms with Crippen molar-refractivity contribution in [3.05, 3.63) is 35.4 Å². The van der Waals surface area contributed by atoms with Crippen molar-refractivity contribution in [2.75, 3.05) is 34.3 Å². The van der Waals surface area contributed by atoms with E-state index in [1.54, 1.807) is 0 Å². The molecule has 1 atom stereocenters. The minimum Gasteiger partial charge on any atom is -0.766 e. The third-order valence-electron chi connectivity index (χ3n) is 4.96. The van der Waals surface area contributed by atoms with Crippen LogP contribution in [0.5, 0.6) is 0 Å². The number of rotatable bonds is 17. The molecule has 7 nitrogen and oxygen atoms in total. The van der Waals surface area contributed by atoms with Crippen molar-refractivity contribution in [2.45, 2.75) is 70.8 Å². The summed E-state index contributed by atoms with van der Waals surface area (Å²) in [6, 6.07) is 7.69. The number of unbranched alkanes of at least 4 members (excludes halogenated alkanes) is 9. The van der Waals surface area contributed by atoms with Crippen LogP contribution in [-0.4, -0.2) is 49.6 Å². The van der Waals surface area contributed by atoms with Gasteiger partial charge in [-0.05, 0) is 25.0 Å². The Morgan fingerprint density at radius 1 is 0.935 bits per heavy atom. The van der Waals surface area contributed by atoms with Gasteiger partial charge in [-0.15, -0.1) is 0 Å². The monoisotopic (exact) mass is 456 g/mol. The Morgan fingerprint density at radius 3 is 1.90 bits per heavy atom. The number of nitrogens with zero attached hydrogens (tertiary/aromatic N) is 1. The van der Waals surface area contributed by atoms with Gasteiger partial charge in [0.15, 0.2) is 0 Å². The first kappa shape index (κ1) is 27.8. The van der Waals surface area contributed by atoms with E-state index >= 15 is 0 Å². The Labute approximate surface area is 188 Å². The van der Waals surface area contributed by atoms with Gasteiger partial charge in [0.2, 0.25) is 7.75 Å². The fourth-order valence-corrected chi connectivity index (χ4v) is 3.84. The van der Waals surface area contributed by atoms with Crippen molar-refractivity contribution < 1.29 is 28.4 Å². The van der Waals surface area contributed by atoms with Crippen molar-refractivity contribution in [1.82, 2.24) is 5.09 Å². The average Bonchev–Trinajstić information content (AvgIpc) is 2.66. The molecule has 0 aromatic heterocycles. The predicted molar refractivity (Wildman–Crippen MR) is 122 cm³/mol. The van der Waals surface area contributed by atoms with E-state index in [9.17, 15) is 14.3 Å². The van der Waals surface area contributed by atoms with Crippen molar-refractivity contribution in [3.63, 3.8) is 0 Å². The highest BCUT2D eigenvalue weighted by Crippen LogP contribution is 2.21. The molecule has 1 aromatic carbocycles. The molecule has 0 spiro atoms. The molecule has 178 valence electrons. The summed E-state index contributed by atoms with van der Waals surface area (Å²) in [5.41, 5.74) is 1.82. The predicted octanol–water partition coefficient (Wildman–Crippen LogP) is 4.00. The first-order valence-electron chi connectivity index (χ1n) is 11.4. The molecule has 0 aliphatic heterocycles. The molecule has 0 saturated carbocycles. The SMILES string of the molecule is C[N+](C)(C)Cc1ccc(C(=O)OCCCCCCCCCCCCNP(=O)([O-])O)cc1. The zero-order valence-electron chi connectivity index (χ0n) is 19.5. The number of esters is 1. The molecule has 0 saturated heterocycles. The van der Waals surface area contributed by atoms with E-state index in [4.69, 9.17) is 9.63 Å². The van der Waals surface area contributed by atoms with Crippen LogP contribution in [0.3, 0.4) is 0 Å². The Bertz CT molecular complexity index is 668. The zero-order valence-corrected chi connectivity index (χ0v) is 20.4. The fourth-order valence-electron chi connectivity index (χ4n) is 3.40. The number of hydrogen-bond acceptors (Lipinski definition) is 4. The van der Waals surface area contributed by atoms with E-state index in [0.717, 1.165) is 56.0 Å². The van der Waals surface area contributed by atoms with E-state index in [1.807, 2.05) is 24.3 Å². The van der Waals surface area contributed by atoms with E-state index in [0.29, 0.717) is 18.7 Å². The van der Waals surface area contributed by atoms with Crippen LogP contribution >= 0.6 is 7.75 Å². The molecule has 0 aliphatic rings. The normalized spacial score (nSPS) is 13.7. The highest BCUT2D eigenvalue weighted by Gasteiger charge is 2.11. The standard InChI is InChI=1S/C23H41N2O5P/c1-25(2,3)20-21-14-16-22(17-15-21)23(26)30-19-13-11-9-7-5-4-6-8-10-12-18-24-31(27,28)29/h14-17H,4-13,18-20H2,1-3H3,(H2-,24,27,28,29). The van der Waals surface area contributed by atoms with Crippen molar-refractivity contribution in [2.24, 2.45) is 0 Å². The van der Waals surface area contributed by atoms with Gasteiger partial charge < -0.3 is 19.0 Å². The summed E-state index contributed by atoms with van der Waals surface area (Å²) in [7, 11) is 2.11. The van der Waals surface area contributed by atoms with Crippen LogP contribution in [0.2, 0.25) is 0 Å². The van der Waals surface area contributed by atoms with Crippen LogP contribution in [-0.2, 0) is 15.8 Å². The maximum atomic E-state index is 12.1. The van der Waals surface area contributed by atoms with Crippen LogP contribution in [0.15, 0.2) is 24.3 Å². The lowest BCUT2D eigenvalue weighted by Gasteiger charge is -2.23. The van der Waals surface area contributed by atoms with Crippen LogP contribution in [0.25, 0.3) is 0 Å². The lowest BCUT2D eigenvalue weighted by atomic mass is 10.1. The van der Waals surface area contributed by atoms with Gasteiger partial charge >= 0.3 is 5.97 Å². The summed E-state index contributed by atoms with van der Waals surface area (Å²) < 4.78 is 16.8. The summed E-state index contributed by atoms with van der Waals surface area (Å²) in [6.07, 6.45) is 10.6. The van der Waals surface area contributed by atoms with Gasteiger partial charge in [-0.1, -0.05) is 63.5 Å². The van der Waals surface area contributed by atoms with Gasteiger partial charge in [0.25, 0.3) is 0 Å². The molecule has 0 radical (unpaired) electrons. The Morgan fingerprint density at radius 2 is 1.42 bits per heavy atom. The molecule has 31 heavy (non-hydrogen) atoms. The molecule has 0 heterocycles. The first-order valence-corrected chi connectivity index (χ1v) is 13.0. The average molecular weight is 457 g/mol. The summed E-state index contributed by atoms with van der Waals surface area (Å²) >= 11 is 0. The highest BCUT2D eigenvalue weighted by atomic mass is 31.2. The van der Waals surface area contributed by atoms with Crippen molar-refractivity contribution in [3.8, 4) is 0 Å². The largest absolute Gasteiger partial charge is 0.766 e.